The van der Waals surface area contributed by atoms with Gasteiger partial charge in [0, 0.05) is 31.9 Å². The van der Waals surface area contributed by atoms with E-state index in [1.54, 1.807) is 11.9 Å². The Morgan fingerprint density at radius 2 is 1.71 bits per heavy atom. The number of rotatable bonds is 8. The normalized spacial score (nSPS) is 25.9. The third-order valence-electron chi connectivity index (χ3n) is 8.73. The molecule has 2 N–H and O–H groups in total. The van der Waals surface area contributed by atoms with Gasteiger partial charge in [0.25, 0.3) is 0 Å². The van der Waals surface area contributed by atoms with E-state index in [0.717, 1.165) is 52.1 Å². The third-order valence-corrected chi connectivity index (χ3v) is 8.73. The lowest BCUT2D eigenvalue weighted by atomic mass is 9.49. The topological polar surface area (TPSA) is 83.6 Å². The third kappa shape index (κ3) is 6.08. The number of amides is 2. The fourth-order valence-electron chi connectivity index (χ4n) is 7.57. The summed E-state index contributed by atoms with van der Waals surface area (Å²) in [5.41, 5.74) is 2.53. The molecule has 6 rings (SSSR count). The lowest BCUT2D eigenvalue weighted by Crippen LogP contribution is -2.47. The monoisotopic (exact) mass is 520 g/mol. The van der Waals surface area contributed by atoms with Crippen molar-refractivity contribution in [2.75, 3.05) is 30.8 Å². The molecule has 2 aromatic rings. The van der Waals surface area contributed by atoms with E-state index in [9.17, 15) is 9.59 Å². The Hall–Kier alpha value is -2.83. The summed E-state index contributed by atoms with van der Waals surface area (Å²) in [5.74, 6) is 3.48. The molecule has 0 radical (unpaired) electrons. The summed E-state index contributed by atoms with van der Waals surface area (Å²) in [4.78, 5) is 31.9. The molecule has 1 heterocycles. The van der Waals surface area contributed by atoms with Gasteiger partial charge in [0.2, 0.25) is 5.91 Å². The first kappa shape index (κ1) is 26.8. The molecule has 7 heteroatoms. The number of nitrogens with zero attached hydrogens (tertiary/aromatic N) is 2. The highest BCUT2D eigenvalue weighted by Gasteiger charge is 2.51. The van der Waals surface area contributed by atoms with Gasteiger partial charge in [0.1, 0.15) is 11.4 Å². The number of benzene rings is 1. The Morgan fingerprint density at radius 1 is 1.05 bits per heavy atom. The van der Waals surface area contributed by atoms with Gasteiger partial charge in [-0.1, -0.05) is 6.07 Å². The molecule has 0 saturated heterocycles. The van der Waals surface area contributed by atoms with E-state index in [1.165, 1.54) is 38.5 Å². The van der Waals surface area contributed by atoms with Crippen LogP contribution in [-0.4, -0.2) is 47.6 Å². The molecular formula is C31H44N4O3. The molecule has 206 valence electrons. The van der Waals surface area contributed by atoms with Crippen molar-refractivity contribution in [3.05, 3.63) is 29.8 Å². The van der Waals surface area contributed by atoms with Crippen LogP contribution in [0.1, 0.15) is 77.7 Å². The second-order valence-corrected chi connectivity index (χ2v) is 13.3. The SMILES string of the molecule is Cc1ccc2nc(NCCCN(C)C(=O)OC(C)(C)C)ccc2c1NC(=O)CC12CC3CC(CC(C3)C1)C2. The Balaban J connectivity index is 1.18. The number of nitrogens with one attached hydrogen (secondary N) is 2. The standard InChI is InChI=1S/C31H44N4O3/c1-20-7-9-25-24(8-10-26(33-25)32-11-6-12-35(5)29(37)38-30(2,3)4)28(20)34-27(36)19-31-16-21-13-22(17-31)15-23(14-21)18-31/h7-10,21-23H,6,11-19H2,1-5H3,(H,32,33)(H,34,36). The highest BCUT2D eigenvalue weighted by atomic mass is 16.6. The van der Waals surface area contributed by atoms with Crippen LogP contribution in [-0.2, 0) is 9.53 Å². The van der Waals surface area contributed by atoms with Crippen molar-refractivity contribution in [2.45, 2.75) is 84.7 Å². The number of carbonyl (C=O) groups is 2. The molecule has 38 heavy (non-hydrogen) atoms. The highest BCUT2D eigenvalue weighted by Crippen LogP contribution is 2.61. The maximum absolute atomic E-state index is 13.3. The van der Waals surface area contributed by atoms with Crippen molar-refractivity contribution < 1.29 is 14.3 Å². The summed E-state index contributed by atoms with van der Waals surface area (Å²) in [6.07, 6.45) is 9.02. The van der Waals surface area contributed by atoms with Gasteiger partial charge in [0.05, 0.1) is 11.2 Å². The first-order chi connectivity index (χ1) is 18.0. The first-order valence-electron chi connectivity index (χ1n) is 14.4. The molecule has 0 spiro atoms. The van der Waals surface area contributed by atoms with Crippen molar-refractivity contribution >= 4 is 34.4 Å². The Kier molecular flexibility index (Phi) is 7.31. The van der Waals surface area contributed by atoms with Gasteiger partial charge in [-0.15, -0.1) is 0 Å². The molecule has 1 aromatic carbocycles. The molecule has 4 fully saturated rings. The van der Waals surface area contributed by atoms with Crippen LogP contribution in [0.2, 0.25) is 0 Å². The molecule has 0 unspecified atom stereocenters. The van der Waals surface area contributed by atoms with Gasteiger partial charge >= 0.3 is 6.09 Å². The second-order valence-electron chi connectivity index (χ2n) is 13.3. The van der Waals surface area contributed by atoms with Crippen molar-refractivity contribution in [1.29, 1.82) is 0 Å². The van der Waals surface area contributed by atoms with Crippen LogP contribution in [0, 0.1) is 30.1 Å². The van der Waals surface area contributed by atoms with E-state index < -0.39 is 5.60 Å². The molecule has 2 amide bonds. The van der Waals surface area contributed by atoms with Crippen molar-refractivity contribution in [3.63, 3.8) is 0 Å². The minimum atomic E-state index is -0.496. The summed E-state index contributed by atoms with van der Waals surface area (Å²) >= 11 is 0. The Morgan fingerprint density at radius 3 is 2.34 bits per heavy atom. The molecule has 0 aliphatic heterocycles. The number of hydrogen-bond acceptors (Lipinski definition) is 5. The molecule has 4 bridgehead atoms. The number of pyridine rings is 1. The first-order valence-corrected chi connectivity index (χ1v) is 14.4. The van der Waals surface area contributed by atoms with Crippen LogP contribution in [0.3, 0.4) is 0 Å². The van der Waals surface area contributed by atoms with E-state index in [2.05, 4.69) is 10.6 Å². The number of carbonyl (C=O) groups excluding carboxylic acids is 2. The summed E-state index contributed by atoms with van der Waals surface area (Å²) in [7, 11) is 1.75. The number of hydrogen-bond donors (Lipinski definition) is 2. The number of ether oxygens (including phenoxy) is 1. The zero-order valence-corrected chi connectivity index (χ0v) is 23.7. The number of aryl methyl sites for hydroxylation is 1. The largest absolute Gasteiger partial charge is 0.444 e. The minimum absolute atomic E-state index is 0.152. The van der Waals surface area contributed by atoms with E-state index in [0.29, 0.717) is 19.5 Å². The van der Waals surface area contributed by atoms with Crippen molar-refractivity contribution in [3.8, 4) is 0 Å². The highest BCUT2D eigenvalue weighted by molar-refractivity contribution is 6.02. The van der Waals surface area contributed by atoms with Crippen LogP contribution in [0.25, 0.3) is 10.9 Å². The molecule has 4 aliphatic carbocycles. The zero-order valence-electron chi connectivity index (χ0n) is 23.7. The average Bonchev–Trinajstić information content (AvgIpc) is 2.81. The van der Waals surface area contributed by atoms with Gasteiger partial charge in [0.15, 0.2) is 0 Å². The van der Waals surface area contributed by atoms with Gasteiger partial charge in [-0.25, -0.2) is 9.78 Å². The maximum Gasteiger partial charge on any atom is 0.410 e. The van der Waals surface area contributed by atoms with Gasteiger partial charge in [-0.3, -0.25) is 4.79 Å². The van der Waals surface area contributed by atoms with Crippen molar-refractivity contribution in [1.82, 2.24) is 9.88 Å². The predicted octanol–water partition coefficient (Wildman–Crippen LogP) is 6.76. The molecule has 4 saturated carbocycles. The quantitative estimate of drug-likeness (QED) is 0.376. The van der Waals surface area contributed by atoms with E-state index in [-0.39, 0.29) is 17.4 Å². The lowest BCUT2D eigenvalue weighted by Gasteiger charge is -2.56. The van der Waals surface area contributed by atoms with Crippen molar-refractivity contribution in [2.24, 2.45) is 23.2 Å². The fraction of sp³-hybridized carbons (Fsp3) is 0.645. The smallest absolute Gasteiger partial charge is 0.410 e. The van der Waals surface area contributed by atoms with Crippen LogP contribution in [0.5, 0.6) is 0 Å². The minimum Gasteiger partial charge on any atom is -0.444 e. The number of anilines is 2. The van der Waals surface area contributed by atoms with Gasteiger partial charge < -0.3 is 20.3 Å². The Bertz CT molecular complexity index is 1170. The molecule has 7 nitrogen and oxygen atoms in total. The maximum atomic E-state index is 13.3. The molecule has 1 aromatic heterocycles. The average molecular weight is 521 g/mol. The van der Waals surface area contributed by atoms with Crippen LogP contribution >= 0.6 is 0 Å². The molecule has 4 aliphatic rings. The zero-order chi connectivity index (χ0) is 27.1. The van der Waals surface area contributed by atoms with Crippen LogP contribution in [0.4, 0.5) is 16.3 Å². The number of fused-ring (bicyclic) bond motifs is 1. The lowest BCUT2D eigenvalue weighted by molar-refractivity contribution is -0.124. The van der Waals surface area contributed by atoms with E-state index in [4.69, 9.17) is 9.72 Å². The van der Waals surface area contributed by atoms with E-state index >= 15 is 0 Å². The second kappa shape index (κ2) is 10.4. The molecular weight excluding hydrogens is 476 g/mol. The predicted molar refractivity (Wildman–Crippen MR) is 152 cm³/mol. The van der Waals surface area contributed by atoms with Gasteiger partial charge in [-0.05, 0) is 120 Å². The summed E-state index contributed by atoms with van der Waals surface area (Å²) in [5, 5.41) is 7.62. The van der Waals surface area contributed by atoms with Crippen LogP contribution < -0.4 is 10.6 Å². The fourth-order valence-corrected chi connectivity index (χ4v) is 7.57. The van der Waals surface area contributed by atoms with Gasteiger partial charge in [-0.2, -0.15) is 0 Å². The van der Waals surface area contributed by atoms with Crippen LogP contribution in [0.15, 0.2) is 24.3 Å². The summed E-state index contributed by atoms with van der Waals surface area (Å²) in [6.45, 7) is 8.93. The Labute approximate surface area is 227 Å². The number of aromatic nitrogens is 1. The van der Waals surface area contributed by atoms with E-state index in [1.807, 2.05) is 52.0 Å². The summed E-state index contributed by atoms with van der Waals surface area (Å²) < 4.78 is 5.40. The molecule has 0 atom stereocenters. The summed E-state index contributed by atoms with van der Waals surface area (Å²) in [6, 6.07) is 8.06.